The zero-order chi connectivity index (χ0) is 12.3. The second kappa shape index (κ2) is 5.54. The summed E-state index contributed by atoms with van der Waals surface area (Å²) >= 11 is 1.77. The molecule has 1 amide bonds. The lowest BCUT2D eigenvalue weighted by Crippen LogP contribution is -2.21. The Kier molecular flexibility index (Phi) is 4.05. The van der Waals surface area contributed by atoms with Gasteiger partial charge in [0.25, 0.3) is 0 Å². The number of rotatable bonds is 4. The number of aromatic nitrogens is 1. The fraction of sp³-hybridized carbons (Fsp3) is 0.538. The Morgan fingerprint density at radius 3 is 3.12 bits per heavy atom. The molecule has 0 aliphatic carbocycles. The number of amides is 1. The van der Waals surface area contributed by atoms with E-state index in [9.17, 15) is 4.79 Å². The van der Waals surface area contributed by atoms with Gasteiger partial charge in [-0.05, 0) is 18.9 Å². The zero-order valence-corrected chi connectivity index (χ0v) is 11.1. The van der Waals surface area contributed by atoms with Crippen molar-refractivity contribution in [2.24, 2.45) is 0 Å². The maximum Gasteiger partial charge on any atom is 0.210 e. The zero-order valence-electron chi connectivity index (χ0n) is 10.3. The first-order chi connectivity index (χ1) is 8.22. The van der Waals surface area contributed by atoms with Crippen molar-refractivity contribution in [3.63, 3.8) is 0 Å². The van der Waals surface area contributed by atoms with Gasteiger partial charge in [-0.2, -0.15) is 0 Å². The number of carbonyl (C=O) groups excluding carboxylic acids is 1. The summed E-state index contributed by atoms with van der Waals surface area (Å²) in [6.07, 6.45) is 4.93. The van der Waals surface area contributed by atoms with Gasteiger partial charge in [-0.3, -0.25) is 4.79 Å². The Hall–Kier alpha value is -1.03. The summed E-state index contributed by atoms with van der Waals surface area (Å²) in [4.78, 5) is 17.4. The topological polar surface area (TPSA) is 33.2 Å². The molecule has 1 aromatic rings. The van der Waals surface area contributed by atoms with Gasteiger partial charge in [-0.25, -0.2) is 4.98 Å². The van der Waals surface area contributed by atoms with Gasteiger partial charge in [0.15, 0.2) is 0 Å². The van der Waals surface area contributed by atoms with Gasteiger partial charge >= 0.3 is 0 Å². The molecule has 1 saturated heterocycles. The van der Waals surface area contributed by atoms with Crippen LogP contribution >= 0.6 is 11.8 Å². The Morgan fingerprint density at radius 2 is 2.41 bits per heavy atom. The van der Waals surface area contributed by atoms with E-state index in [1.165, 1.54) is 5.56 Å². The number of thioether (sulfide) groups is 1. The van der Waals surface area contributed by atoms with E-state index in [1.807, 2.05) is 17.2 Å². The summed E-state index contributed by atoms with van der Waals surface area (Å²) in [7, 11) is 0. The van der Waals surface area contributed by atoms with Crippen molar-refractivity contribution in [2.45, 2.75) is 43.0 Å². The van der Waals surface area contributed by atoms with Crippen LogP contribution in [0.15, 0.2) is 23.4 Å². The van der Waals surface area contributed by atoms with Crippen LogP contribution in [0.5, 0.6) is 0 Å². The van der Waals surface area contributed by atoms with E-state index in [0.717, 1.165) is 30.8 Å². The highest BCUT2D eigenvalue weighted by atomic mass is 32.2. The van der Waals surface area contributed by atoms with Gasteiger partial charge in [-0.15, -0.1) is 11.8 Å². The molecule has 2 rings (SSSR count). The van der Waals surface area contributed by atoms with Crippen molar-refractivity contribution in [1.29, 1.82) is 0 Å². The first-order valence-corrected chi connectivity index (χ1v) is 6.93. The lowest BCUT2D eigenvalue weighted by Gasteiger charge is -2.22. The molecule has 0 saturated carbocycles. The lowest BCUT2D eigenvalue weighted by molar-refractivity contribution is -0.118. The number of hydrogen-bond donors (Lipinski definition) is 0. The molecule has 0 spiro atoms. The molecule has 92 valence electrons. The summed E-state index contributed by atoms with van der Waals surface area (Å²) in [5.74, 6) is 0. The van der Waals surface area contributed by atoms with E-state index in [-0.39, 0.29) is 6.04 Å². The predicted octanol–water partition coefficient (Wildman–Crippen LogP) is 2.88. The maximum atomic E-state index is 11.0. The fourth-order valence-corrected chi connectivity index (χ4v) is 3.14. The normalized spacial score (nSPS) is 19.9. The molecule has 17 heavy (non-hydrogen) atoms. The van der Waals surface area contributed by atoms with Gasteiger partial charge in [0, 0.05) is 23.6 Å². The molecule has 1 atom stereocenters. The van der Waals surface area contributed by atoms with Crippen LogP contribution in [0.4, 0.5) is 0 Å². The highest BCUT2D eigenvalue weighted by Crippen LogP contribution is 2.36. The average molecular weight is 250 g/mol. The Balaban J connectivity index is 2.27. The van der Waals surface area contributed by atoms with Crippen LogP contribution in [-0.2, 0) is 4.79 Å². The highest BCUT2D eigenvalue weighted by Gasteiger charge is 2.27. The Morgan fingerprint density at radius 1 is 1.59 bits per heavy atom. The second-order valence-corrected chi connectivity index (χ2v) is 6.13. The van der Waals surface area contributed by atoms with Crippen LogP contribution in [0.25, 0.3) is 0 Å². The molecule has 0 aromatic carbocycles. The van der Waals surface area contributed by atoms with Crippen molar-refractivity contribution >= 4 is 18.2 Å². The van der Waals surface area contributed by atoms with Crippen molar-refractivity contribution in [3.05, 3.63) is 23.9 Å². The lowest BCUT2D eigenvalue weighted by atomic mass is 10.1. The van der Waals surface area contributed by atoms with Crippen molar-refractivity contribution in [3.8, 4) is 0 Å². The largest absolute Gasteiger partial charge is 0.338 e. The van der Waals surface area contributed by atoms with E-state index in [0.29, 0.717) is 5.25 Å². The third kappa shape index (κ3) is 2.80. The van der Waals surface area contributed by atoms with Crippen LogP contribution in [0.2, 0.25) is 0 Å². The quantitative estimate of drug-likeness (QED) is 0.608. The molecule has 1 unspecified atom stereocenters. The molecule has 1 fully saturated rings. The van der Waals surface area contributed by atoms with Crippen molar-refractivity contribution < 1.29 is 4.79 Å². The monoisotopic (exact) mass is 250 g/mol. The molecule has 0 bridgehead atoms. The van der Waals surface area contributed by atoms with Crippen LogP contribution < -0.4 is 0 Å². The highest BCUT2D eigenvalue weighted by molar-refractivity contribution is 7.99. The maximum absolute atomic E-state index is 11.0. The molecule has 3 nitrogen and oxygen atoms in total. The van der Waals surface area contributed by atoms with Crippen LogP contribution in [0.1, 0.15) is 38.3 Å². The minimum atomic E-state index is 0.224. The number of likely N-dealkylation sites (tertiary alicyclic amines) is 1. The Bertz CT molecular complexity index is 395. The summed E-state index contributed by atoms with van der Waals surface area (Å²) < 4.78 is 0. The molecular weight excluding hydrogens is 232 g/mol. The number of nitrogens with zero attached hydrogens (tertiary/aromatic N) is 2. The Labute approximate surface area is 107 Å². The van der Waals surface area contributed by atoms with E-state index in [4.69, 9.17) is 0 Å². The summed E-state index contributed by atoms with van der Waals surface area (Å²) in [5, 5.41) is 1.58. The van der Waals surface area contributed by atoms with E-state index in [2.05, 4.69) is 24.9 Å². The van der Waals surface area contributed by atoms with Gasteiger partial charge in [0.2, 0.25) is 6.41 Å². The fourth-order valence-electron chi connectivity index (χ4n) is 2.23. The molecule has 1 aliphatic heterocycles. The summed E-state index contributed by atoms with van der Waals surface area (Å²) in [6.45, 7) is 5.19. The summed E-state index contributed by atoms with van der Waals surface area (Å²) in [5.41, 5.74) is 1.20. The van der Waals surface area contributed by atoms with Gasteiger partial charge in [0.05, 0.1) is 6.04 Å². The van der Waals surface area contributed by atoms with E-state index >= 15 is 0 Å². The molecule has 4 heteroatoms. The molecule has 0 radical (unpaired) electrons. The predicted molar refractivity (Wildman–Crippen MR) is 70.0 cm³/mol. The van der Waals surface area contributed by atoms with Gasteiger partial charge < -0.3 is 4.90 Å². The summed E-state index contributed by atoms with van der Waals surface area (Å²) in [6, 6.07) is 4.29. The molecule has 1 aromatic heterocycles. The third-order valence-corrected chi connectivity index (χ3v) is 3.97. The van der Waals surface area contributed by atoms with Gasteiger partial charge in [0.1, 0.15) is 5.03 Å². The van der Waals surface area contributed by atoms with Crippen molar-refractivity contribution in [2.75, 3.05) is 6.54 Å². The van der Waals surface area contributed by atoms with Crippen LogP contribution in [0, 0.1) is 0 Å². The van der Waals surface area contributed by atoms with E-state index < -0.39 is 0 Å². The minimum absolute atomic E-state index is 0.224. The van der Waals surface area contributed by atoms with Crippen LogP contribution in [0.3, 0.4) is 0 Å². The average Bonchev–Trinajstić information content (AvgIpc) is 2.77. The first-order valence-electron chi connectivity index (χ1n) is 6.05. The van der Waals surface area contributed by atoms with Gasteiger partial charge in [-0.1, -0.05) is 19.9 Å². The number of hydrogen-bond acceptors (Lipinski definition) is 3. The van der Waals surface area contributed by atoms with Crippen molar-refractivity contribution in [1.82, 2.24) is 9.88 Å². The standard InChI is InChI=1S/C13H18N2OS/c1-10(2)17-13-11(5-3-7-14-13)12-6-4-8-15(12)9-16/h3,5,7,9-10,12H,4,6,8H2,1-2H3. The SMILES string of the molecule is CC(C)Sc1ncccc1C1CCCN1C=O. The third-order valence-electron chi connectivity index (χ3n) is 2.94. The molecule has 2 heterocycles. The smallest absolute Gasteiger partial charge is 0.210 e. The molecule has 0 N–H and O–H groups in total. The number of pyridine rings is 1. The minimum Gasteiger partial charge on any atom is -0.338 e. The molecule has 1 aliphatic rings. The first kappa shape index (κ1) is 12.4. The number of carbonyl (C=O) groups is 1. The molecular formula is C13H18N2OS. The second-order valence-electron chi connectivity index (χ2n) is 4.57. The van der Waals surface area contributed by atoms with Crippen LogP contribution in [-0.4, -0.2) is 28.1 Å². The van der Waals surface area contributed by atoms with E-state index in [1.54, 1.807) is 11.8 Å².